The summed E-state index contributed by atoms with van der Waals surface area (Å²) in [6.45, 7) is 9.93. The average molecular weight is 381 g/mol. The lowest BCUT2D eigenvalue weighted by Gasteiger charge is -2.39. The highest BCUT2D eigenvalue weighted by Gasteiger charge is 2.44. The Morgan fingerprint density at radius 2 is 2.07 bits per heavy atom. The van der Waals surface area contributed by atoms with Crippen molar-refractivity contribution in [1.29, 1.82) is 5.26 Å². The molecule has 0 saturated heterocycles. The van der Waals surface area contributed by atoms with Gasteiger partial charge in [0.25, 0.3) is 0 Å². The van der Waals surface area contributed by atoms with E-state index in [1.807, 2.05) is 20.9 Å². The summed E-state index contributed by atoms with van der Waals surface area (Å²) in [5.74, 6) is -0.907. The van der Waals surface area contributed by atoms with Gasteiger partial charge in [0, 0.05) is 42.0 Å². The first-order valence-electron chi connectivity index (χ1n) is 9.58. The summed E-state index contributed by atoms with van der Waals surface area (Å²) in [5, 5.41) is 12.8. The number of nitriles is 1. The molecule has 3 rings (SSSR count). The molecule has 1 aliphatic carbocycles. The van der Waals surface area contributed by atoms with Crippen molar-refractivity contribution in [3.05, 3.63) is 45.6 Å². The van der Waals surface area contributed by atoms with E-state index >= 15 is 0 Å². The zero-order valence-corrected chi connectivity index (χ0v) is 17.4. The van der Waals surface area contributed by atoms with Crippen LogP contribution in [0.3, 0.4) is 0 Å². The highest BCUT2D eigenvalue weighted by molar-refractivity contribution is 6.04. The summed E-state index contributed by atoms with van der Waals surface area (Å²) in [6, 6.07) is 3.97. The Morgan fingerprint density at radius 3 is 2.64 bits per heavy atom. The Balaban J connectivity index is 2.26. The molecule has 1 aromatic rings. The highest BCUT2D eigenvalue weighted by atomic mass is 16.5. The second kappa shape index (κ2) is 6.97. The van der Waals surface area contributed by atoms with Crippen LogP contribution in [-0.4, -0.2) is 22.9 Å². The second-order valence-corrected chi connectivity index (χ2v) is 8.39. The molecular weight excluding hydrogens is 354 g/mol. The lowest BCUT2D eigenvalue weighted by Crippen LogP contribution is -2.38. The smallest absolute Gasteiger partial charge is 0.336 e. The third kappa shape index (κ3) is 3.15. The van der Waals surface area contributed by atoms with E-state index in [0.717, 1.165) is 23.4 Å². The zero-order valence-electron chi connectivity index (χ0n) is 17.4. The Hall–Kier alpha value is -2.81. The molecule has 0 spiro atoms. The van der Waals surface area contributed by atoms with Crippen molar-refractivity contribution < 1.29 is 14.3 Å². The van der Waals surface area contributed by atoms with Gasteiger partial charge in [0.1, 0.15) is 11.8 Å². The minimum absolute atomic E-state index is 0.0415. The van der Waals surface area contributed by atoms with Crippen molar-refractivity contribution in [2.75, 3.05) is 6.61 Å². The molecule has 0 aromatic carbocycles. The predicted octanol–water partition coefficient (Wildman–Crippen LogP) is 3.37. The van der Waals surface area contributed by atoms with E-state index < -0.39 is 11.9 Å². The predicted molar refractivity (Wildman–Crippen MR) is 105 cm³/mol. The van der Waals surface area contributed by atoms with Crippen molar-refractivity contribution in [1.82, 2.24) is 9.88 Å². The minimum Gasteiger partial charge on any atom is -0.463 e. The number of dihydropyridines is 1. The van der Waals surface area contributed by atoms with E-state index in [1.165, 1.54) is 0 Å². The van der Waals surface area contributed by atoms with E-state index in [-0.39, 0.29) is 17.8 Å². The molecule has 1 atom stereocenters. The van der Waals surface area contributed by atoms with Crippen molar-refractivity contribution in [2.45, 2.75) is 53.4 Å². The molecule has 0 unspecified atom stereocenters. The maximum Gasteiger partial charge on any atom is 0.336 e. The van der Waals surface area contributed by atoms with Gasteiger partial charge in [-0.25, -0.2) is 4.79 Å². The Labute approximate surface area is 165 Å². The number of esters is 1. The van der Waals surface area contributed by atoms with Crippen LogP contribution < -0.4 is 5.32 Å². The molecule has 2 heterocycles. The number of carbonyl (C=O) groups excluding carboxylic acids is 2. The third-order valence-corrected chi connectivity index (χ3v) is 5.74. The summed E-state index contributed by atoms with van der Waals surface area (Å²) in [7, 11) is 1.82. The van der Waals surface area contributed by atoms with E-state index in [1.54, 1.807) is 17.6 Å². The number of hydrogen-bond acceptors (Lipinski definition) is 5. The molecule has 0 amide bonds. The first kappa shape index (κ1) is 19.9. The zero-order chi connectivity index (χ0) is 20.8. The van der Waals surface area contributed by atoms with Crippen LogP contribution in [0.25, 0.3) is 0 Å². The third-order valence-electron chi connectivity index (χ3n) is 5.74. The van der Waals surface area contributed by atoms with E-state index in [4.69, 9.17) is 4.74 Å². The Kier molecular flexibility index (Phi) is 4.97. The maximum atomic E-state index is 13.2. The number of Topliss-reactive ketones (excluding diaryl/α,β-unsaturated/α-hetero) is 1. The van der Waals surface area contributed by atoms with Crippen molar-refractivity contribution in [3.8, 4) is 6.07 Å². The summed E-state index contributed by atoms with van der Waals surface area (Å²) < 4.78 is 7.12. The molecule has 2 aliphatic rings. The Morgan fingerprint density at radius 1 is 1.39 bits per heavy atom. The van der Waals surface area contributed by atoms with Crippen molar-refractivity contribution >= 4 is 11.8 Å². The highest BCUT2D eigenvalue weighted by Crippen LogP contribution is 2.47. The molecule has 1 N–H and O–H groups in total. The monoisotopic (exact) mass is 381 g/mol. The van der Waals surface area contributed by atoms with Crippen molar-refractivity contribution in [2.24, 2.45) is 12.5 Å². The number of nitrogens with zero attached hydrogens (tertiary/aromatic N) is 2. The fourth-order valence-corrected chi connectivity index (χ4v) is 4.35. The number of hydrogen-bond donors (Lipinski definition) is 1. The van der Waals surface area contributed by atoms with Crippen LogP contribution in [0, 0.1) is 23.7 Å². The topological polar surface area (TPSA) is 84.1 Å². The van der Waals surface area contributed by atoms with Crippen LogP contribution in [0.2, 0.25) is 0 Å². The summed E-state index contributed by atoms with van der Waals surface area (Å²) in [5.41, 5.74) is 4.69. The van der Waals surface area contributed by atoms with E-state index in [2.05, 4.69) is 25.2 Å². The average Bonchev–Trinajstić information content (AvgIpc) is 2.87. The van der Waals surface area contributed by atoms with Crippen LogP contribution in [0.15, 0.2) is 28.6 Å². The van der Waals surface area contributed by atoms with Gasteiger partial charge in [0.15, 0.2) is 5.78 Å². The molecule has 148 valence electrons. The standard InChI is InChI=1S/C22H27N3O3/c1-7-28-21(27)18-12(2)24-16-9-22(4,5)10-17(26)20(16)19(18)15-8-14(11-23)25(6)13(15)3/h8,19,24H,7,9-10H2,1-6H3/t19-/m0/s1. The fourth-order valence-electron chi connectivity index (χ4n) is 4.35. The van der Waals surface area contributed by atoms with Crippen LogP contribution in [0.5, 0.6) is 0 Å². The van der Waals surface area contributed by atoms with Crippen LogP contribution in [-0.2, 0) is 21.4 Å². The summed E-state index contributed by atoms with van der Waals surface area (Å²) in [6.07, 6.45) is 1.16. The summed E-state index contributed by atoms with van der Waals surface area (Å²) in [4.78, 5) is 26.0. The molecule has 1 aromatic heterocycles. The van der Waals surface area contributed by atoms with Gasteiger partial charge in [-0.1, -0.05) is 13.8 Å². The number of rotatable bonds is 3. The molecule has 0 saturated carbocycles. The van der Waals surface area contributed by atoms with Crippen molar-refractivity contribution in [3.63, 3.8) is 0 Å². The number of aromatic nitrogens is 1. The minimum atomic E-state index is -0.521. The lowest BCUT2D eigenvalue weighted by molar-refractivity contribution is -0.138. The van der Waals surface area contributed by atoms with Crippen LogP contribution >= 0.6 is 0 Å². The summed E-state index contributed by atoms with van der Waals surface area (Å²) >= 11 is 0. The molecule has 0 fully saturated rings. The first-order valence-corrected chi connectivity index (χ1v) is 9.58. The largest absolute Gasteiger partial charge is 0.463 e. The van der Waals surface area contributed by atoms with Gasteiger partial charge in [0.05, 0.1) is 12.2 Å². The molecule has 0 bridgehead atoms. The first-order chi connectivity index (χ1) is 13.1. The number of nitrogens with one attached hydrogen (secondary N) is 1. The van der Waals surface area contributed by atoms with E-state index in [9.17, 15) is 14.9 Å². The van der Waals surface area contributed by atoms with Crippen LogP contribution in [0.1, 0.15) is 63.4 Å². The fraction of sp³-hybridized carbons (Fsp3) is 0.500. The van der Waals surface area contributed by atoms with Gasteiger partial charge < -0.3 is 14.6 Å². The number of ketones is 1. The van der Waals surface area contributed by atoms with Gasteiger partial charge in [-0.3, -0.25) is 4.79 Å². The molecule has 0 radical (unpaired) electrons. The molecule has 6 nitrogen and oxygen atoms in total. The number of allylic oxidation sites excluding steroid dienone is 3. The van der Waals surface area contributed by atoms with Crippen LogP contribution in [0.4, 0.5) is 0 Å². The SMILES string of the molecule is CCOC(=O)C1=C(C)NC2=C(C(=O)CC(C)(C)C2)[C@H]1c1cc(C#N)n(C)c1C. The quantitative estimate of drug-likeness (QED) is 0.812. The maximum absolute atomic E-state index is 13.2. The van der Waals surface area contributed by atoms with Gasteiger partial charge >= 0.3 is 5.97 Å². The second-order valence-electron chi connectivity index (χ2n) is 8.39. The van der Waals surface area contributed by atoms with E-state index in [0.29, 0.717) is 29.0 Å². The number of ether oxygens (including phenoxy) is 1. The molecule has 28 heavy (non-hydrogen) atoms. The molecule has 6 heteroatoms. The molecular formula is C22H27N3O3. The van der Waals surface area contributed by atoms with Gasteiger partial charge in [0.2, 0.25) is 0 Å². The number of carbonyl (C=O) groups is 2. The molecule has 1 aliphatic heterocycles. The van der Waals surface area contributed by atoms with Gasteiger partial charge in [-0.15, -0.1) is 0 Å². The van der Waals surface area contributed by atoms with Gasteiger partial charge in [-0.05, 0) is 44.2 Å². The normalized spacial score (nSPS) is 21.2. The van der Waals surface area contributed by atoms with Gasteiger partial charge in [-0.2, -0.15) is 5.26 Å². The Bertz CT molecular complexity index is 970. The lowest BCUT2D eigenvalue weighted by atomic mass is 9.68.